The maximum atomic E-state index is 12.5. The fourth-order valence-corrected chi connectivity index (χ4v) is 2.56. The smallest absolute Gasteiger partial charge is 0.257 e. The van der Waals surface area contributed by atoms with Crippen LogP contribution in [0.15, 0.2) is 18.2 Å². The SMILES string of the molecule is COc1cc(Cl)ccc1C(=O)N1CCCCC1C. The van der Waals surface area contributed by atoms with Crippen molar-refractivity contribution in [1.82, 2.24) is 4.90 Å². The number of piperidine rings is 1. The largest absolute Gasteiger partial charge is 0.496 e. The number of methoxy groups -OCH3 is 1. The predicted molar refractivity (Wildman–Crippen MR) is 72.4 cm³/mol. The Morgan fingerprint density at radius 2 is 2.22 bits per heavy atom. The van der Waals surface area contributed by atoms with Crippen LogP contribution < -0.4 is 4.74 Å². The van der Waals surface area contributed by atoms with Crippen molar-refractivity contribution in [3.63, 3.8) is 0 Å². The topological polar surface area (TPSA) is 29.5 Å². The van der Waals surface area contributed by atoms with E-state index in [-0.39, 0.29) is 5.91 Å². The third-order valence-corrected chi connectivity index (χ3v) is 3.69. The molecular formula is C14H18ClNO2. The highest BCUT2D eigenvalue weighted by molar-refractivity contribution is 6.30. The summed E-state index contributed by atoms with van der Waals surface area (Å²) in [6.07, 6.45) is 3.34. The lowest BCUT2D eigenvalue weighted by Gasteiger charge is -2.33. The number of amides is 1. The molecule has 1 heterocycles. The Labute approximate surface area is 113 Å². The van der Waals surface area contributed by atoms with Crippen LogP contribution >= 0.6 is 11.6 Å². The molecule has 1 aromatic carbocycles. The van der Waals surface area contributed by atoms with Crippen LogP contribution in [0.1, 0.15) is 36.5 Å². The Balaban J connectivity index is 2.27. The molecule has 1 saturated heterocycles. The van der Waals surface area contributed by atoms with Gasteiger partial charge in [-0.2, -0.15) is 0 Å². The first-order chi connectivity index (χ1) is 8.63. The third kappa shape index (κ3) is 2.61. The fraction of sp³-hybridized carbons (Fsp3) is 0.500. The maximum Gasteiger partial charge on any atom is 0.257 e. The lowest BCUT2D eigenvalue weighted by Crippen LogP contribution is -2.42. The summed E-state index contributed by atoms with van der Waals surface area (Å²) in [6, 6.07) is 5.45. The zero-order chi connectivity index (χ0) is 13.1. The molecule has 0 bridgehead atoms. The van der Waals surface area contributed by atoms with Gasteiger partial charge >= 0.3 is 0 Å². The number of halogens is 1. The molecule has 4 heteroatoms. The molecule has 1 atom stereocenters. The molecule has 18 heavy (non-hydrogen) atoms. The van der Waals surface area contributed by atoms with Crippen molar-refractivity contribution in [2.24, 2.45) is 0 Å². The molecule has 1 aromatic rings. The first-order valence-electron chi connectivity index (χ1n) is 6.28. The van der Waals surface area contributed by atoms with Gasteiger partial charge in [0.2, 0.25) is 0 Å². The summed E-state index contributed by atoms with van der Waals surface area (Å²) in [5, 5.41) is 0.579. The molecule has 0 spiro atoms. The van der Waals surface area contributed by atoms with Crippen molar-refractivity contribution >= 4 is 17.5 Å². The van der Waals surface area contributed by atoms with Crippen LogP contribution in [0.25, 0.3) is 0 Å². The van der Waals surface area contributed by atoms with E-state index >= 15 is 0 Å². The van der Waals surface area contributed by atoms with E-state index in [1.54, 1.807) is 25.3 Å². The predicted octanol–water partition coefficient (Wildman–Crippen LogP) is 3.36. The standard InChI is InChI=1S/C14H18ClNO2/c1-10-5-3-4-8-16(10)14(17)12-7-6-11(15)9-13(12)18-2/h6-7,9-10H,3-5,8H2,1-2H3. The number of carbonyl (C=O) groups excluding carboxylic acids is 1. The summed E-state index contributed by atoms with van der Waals surface area (Å²) in [7, 11) is 1.56. The zero-order valence-corrected chi connectivity index (χ0v) is 11.5. The number of hydrogen-bond donors (Lipinski definition) is 0. The number of hydrogen-bond acceptors (Lipinski definition) is 2. The molecule has 0 N–H and O–H groups in total. The summed E-state index contributed by atoms with van der Waals surface area (Å²) >= 11 is 5.91. The van der Waals surface area contributed by atoms with Gasteiger partial charge in [-0.3, -0.25) is 4.79 Å². The summed E-state index contributed by atoms with van der Waals surface area (Å²) in [4.78, 5) is 14.4. The Hall–Kier alpha value is -1.22. The monoisotopic (exact) mass is 267 g/mol. The fourth-order valence-electron chi connectivity index (χ4n) is 2.40. The second-order valence-corrected chi connectivity index (χ2v) is 5.12. The molecule has 98 valence electrons. The van der Waals surface area contributed by atoms with Gasteiger partial charge in [-0.05, 0) is 44.4 Å². The third-order valence-electron chi connectivity index (χ3n) is 3.46. The van der Waals surface area contributed by atoms with Gasteiger partial charge in [-0.15, -0.1) is 0 Å². The van der Waals surface area contributed by atoms with E-state index in [1.807, 2.05) is 4.90 Å². The zero-order valence-electron chi connectivity index (χ0n) is 10.8. The molecule has 3 nitrogen and oxygen atoms in total. The van der Waals surface area contributed by atoms with E-state index in [4.69, 9.17) is 16.3 Å². The number of likely N-dealkylation sites (tertiary alicyclic amines) is 1. The molecular weight excluding hydrogens is 250 g/mol. The van der Waals surface area contributed by atoms with E-state index in [2.05, 4.69) is 6.92 Å². The van der Waals surface area contributed by atoms with Crippen molar-refractivity contribution < 1.29 is 9.53 Å². The number of benzene rings is 1. The molecule has 0 aromatic heterocycles. The number of rotatable bonds is 2. The van der Waals surface area contributed by atoms with Crippen LogP contribution in [0, 0.1) is 0 Å². The first kappa shape index (κ1) is 13.2. The highest BCUT2D eigenvalue weighted by atomic mass is 35.5. The van der Waals surface area contributed by atoms with Gasteiger partial charge in [-0.1, -0.05) is 11.6 Å². The van der Waals surface area contributed by atoms with Crippen molar-refractivity contribution in [2.75, 3.05) is 13.7 Å². The van der Waals surface area contributed by atoms with E-state index < -0.39 is 0 Å². The first-order valence-corrected chi connectivity index (χ1v) is 6.66. The molecule has 0 radical (unpaired) electrons. The molecule has 0 saturated carbocycles. The van der Waals surface area contributed by atoms with Crippen molar-refractivity contribution in [1.29, 1.82) is 0 Å². The minimum Gasteiger partial charge on any atom is -0.496 e. The highest BCUT2D eigenvalue weighted by Crippen LogP contribution is 2.27. The van der Waals surface area contributed by atoms with Crippen molar-refractivity contribution in [2.45, 2.75) is 32.2 Å². The van der Waals surface area contributed by atoms with Crippen LogP contribution in [0.5, 0.6) is 5.75 Å². The van der Waals surface area contributed by atoms with Gasteiger partial charge < -0.3 is 9.64 Å². The number of ether oxygens (including phenoxy) is 1. The van der Waals surface area contributed by atoms with Gasteiger partial charge in [0.25, 0.3) is 5.91 Å². The Morgan fingerprint density at radius 1 is 1.44 bits per heavy atom. The van der Waals surface area contributed by atoms with Crippen LogP contribution in [0.4, 0.5) is 0 Å². The van der Waals surface area contributed by atoms with Crippen LogP contribution in [-0.4, -0.2) is 30.5 Å². The molecule has 1 aliphatic heterocycles. The van der Waals surface area contributed by atoms with Gasteiger partial charge in [0.15, 0.2) is 0 Å². The minimum absolute atomic E-state index is 0.0377. The highest BCUT2D eigenvalue weighted by Gasteiger charge is 2.26. The van der Waals surface area contributed by atoms with Crippen molar-refractivity contribution in [3.05, 3.63) is 28.8 Å². The minimum atomic E-state index is 0.0377. The quantitative estimate of drug-likeness (QED) is 0.822. The lowest BCUT2D eigenvalue weighted by molar-refractivity contribution is 0.0632. The molecule has 0 aliphatic carbocycles. The Morgan fingerprint density at radius 3 is 2.89 bits per heavy atom. The number of carbonyl (C=O) groups is 1. The summed E-state index contributed by atoms with van der Waals surface area (Å²) in [5.74, 6) is 0.584. The van der Waals surface area contributed by atoms with Gasteiger partial charge in [0, 0.05) is 17.6 Å². The summed E-state index contributed by atoms with van der Waals surface area (Å²) < 4.78 is 5.24. The molecule has 1 fully saturated rings. The van der Waals surface area contributed by atoms with Crippen LogP contribution in [-0.2, 0) is 0 Å². The molecule has 2 rings (SSSR count). The van der Waals surface area contributed by atoms with Gasteiger partial charge in [-0.25, -0.2) is 0 Å². The normalized spacial score (nSPS) is 19.7. The summed E-state index contributed by atoms with van der Waals surface area (Å²) in [5.41, 5.74) is 0.593. The molecule has 1 unspecified atom stereocenters. The van der Waals surface area contributed by atoms with Crippen LogP contribution in [0.3, 0.4) is 0 Å². The Bertz CT molecular complexity index is 447. The van der Waals surface area contributed by atoms with Gasteiger partial charge in [0.1, 0.15) is 5.75 Å². The van der Waals surface area contributed by atoms with Gasteiger partial charge in [0.05, 0.1) is 12.7 Å². The molecule has 1 amide bonds. The maximum absolute atomic E-state index is 12.5. The van der Waals surface area contributed by atoms with E-state index in [0.717, 1.165) is 19.4 Å². The average Bonchev–Trinajstić information content (AvgIpc) is 2.38. The lowest BCUT2D eigenvalue weighted by atomic mass is 10.0. The number of nitrogens with zero attached hydrogens (tertiary/aromatic N) is 1. The van der Waals surface area contributed by atoms with Crippen LogP contribution in [0.2, 0.25) is 5.02 Å². The second kappa shape index (κ2) is 5.61. The van der Waals surface area contributed by atoms with E-state index in [0.29, 0.717) is 22.4 Å². The second-order valence-electron chi connectivity index (χ2n) is 4.69. The molecule has 1 aliphatic rings. The van der Waals surface area contributed by atoms with Crippen molar-refractivity contribution in [3.8, 4) is 5.75 Å². The average molecular weight is 268 g/mol. The summed E-state index contributed by atoms with van der Waals surface area (Å²) in [6.45, 7) is 2.92. The van der Waals surface area contributed by atoms with E-state index in [9.17, 15) is 4.79 Å². The Kier molecular flexibility index (Phi) is 4.12. The van der Waals surface area contributed by atoms with E-state index in [1.165, 1.54) is 6.42 Å².